The number of benzene rings is 1. The van der Waals surface area contributed by atoms with Crippen LogP contribution in [0.25, 0.3) is 10.9 Å². The highest BCUT2D eigenvalue weighted by Crippen LogP contribution is 2.44. The SMILES string of the molecule is CN(C)[C@H](CNC(=O)C[C@H](c1cccnc1)C1CC1)Cc1ccc2[nH]ncc2c1. The summed E-state index contributed by atoms with van der Waals surface area (Å²) < 4.78 is 0. The van der Waals surface area contributed by atoms with Gasteiger partial charge in [-0.3, -0.25) is 14.9 Å². The smallest absolute Gasteiger partial charge is 0.220 e. The molecule has 29 heavy (non-hydrogen) atoms. The van der Waals surface area contributed by atoms with Gasteiger partial charge in [-0.15, -0.1) is 0 Å². The van der Waals surface area contributed by atoms with E-state index in [4.69, 9.17) is 0 Å². The summed E-state index contributed by atoms with van der Waals surface area (Å²) in [5.41, 5.74) is 3.48. The minimum atomic E-state index is 0.128. The van der Waals surface area contributed by atoms with Gasteiger partial charge < -0.3 is 10.2 Å². The molecule has 1 aliphatic carbocycles. The van der Waals surface area contributed by atoms with Crippen molar-refractivity contribution in [3.63, 3.8) is 0 Å². The normalized spacial score (nSPS) is 16.1. The number of rotatable bonds is 9. The third-order valence-corrected chi connectivity index (χ3v) is 5.95. The molecule has 4 rings (SSSR count). The zero-order valence-electron chi connectivity index (χ0n) is 17.1. The number of H-pyrrole nitrogens is 1. The van der Waals surface area contributed by atoms with E-state index in [0.717, 1.165) is 17.3 Å². The molecule has 0 unspecified atom stereocenters. The van der Waals surface area contributed by atoms with Crippen molar-refractivity contribution in [2.24, 2.45) is 5.92 Å². The molecule has 1 aliphatic rings. The predicted molar refractivity (Wildman–Crippen MR) is 115 cm³/mol. The molecule has 152 valence electrons. The molecular formula is C23H29N5O. The Morgan fingerprint density at radius 1 is 1.28 bits per heavy atom. The molecule has 6 heteroatoms. The molecule has 3 aromatic rings. The molecule has 2 atom stereocenters. The third kappa shape index (κ3) is 5.01. The number of amides is 1. The van der Waals surface area contributed by atoms with Crippen molar-refractivity contribution >= 4 is 16.8 Å². The Bertz CT molecular complexity index is 948. The summed E-state index contributed by atoms with van der Waals surface area (Å²) in [4.78, 5) is 19.1. The number of fused-ring (bicyclic) bond motifs is 1. The number of hydrogen-bond acceptors (Lipinski definition) is 4. The van der Waals surface area contributed by atoms with Crippen LogP contribution >= 0.6 is 0 Å². The maximum Gasteiger partial charge on any atom is 0.220 e. The van der Waals surface area contributed by atoms with E-state index >= 15 is 0 Å². The van der Waals surface area contributed by atoms with Gasteiger partial charge in [-0.05, 0) is 74.5 Å². The van der Waals surface area contributed by atoms with Crippen molar-refractivity contribution in [1.82, 2.24) is 25.4 Å². The van der Waals surface area contributed by atoms with E-state index in [9.17, 15) is 4.79 Å². The zero-order valence-corrected chi connectivity index (χ0v) is 17.1. The quantitative estimate of drug-likeness (QED) is 0.588. The van der Waals surface area contributed by atoms with Gasteiger partial charge in [-0.1, -0.05) is 12.1 Å². The molecule has 1 fully saturated rings. The number of carbonyl (C=O) groups excluding carboxylic acids is 1. The molecule has 6 nitrogen and oxygen atoms in total. The van der Waals surface area contributed by atoms with E-state index in [1.54, 1.807) is 6.20 Å². The largest absolute Gasteiger partial charge is 0.355 e. The Kier molecular flexibility index (Phi) is 5.90. The van der Waals surface area contributed by atoms with Crippen molar-refractivity contribution in [3.05, 3.63) is 60.0 Å². The first-order chi connectivity index (χ1) is 14.1. The minimum absolute atomic E-state index is 0.128. The van der Waals surface area contributed by atoms with Crippen molar-refractivity contribution < 1.29 is 4.79 Å². The number of likely N-dealkylation sites (N-methyl/N-ethyl adjacent to an activating group) is 1. The van der Waals surface area contributed by atoms with E-state index in [1.165, 1.54) is 24.0 Å². The summed E-state index contributed by atoms with van der Waals surface area (Å²) >= 11 is 0. The van der Waals surface area contributed by atoms with Crippen LogP contribution in [0.4, 0.5) is 0 Å². The van der Waals surface area contributed by atoms with Crippen LogP contribution in [0.3, 0.4) is 0 Å². The molecule has 0 aliphatic heterocycles. The molecular weight excluding hydrogens is 362 g/mol. The molecule has 0 bridgehead atoms. The number of carbonyl (C=O) groups is 1. The molecule has 1 aromatic carbocycles. The Hall–Kier alpha value is -2.73. The van der Waals surface area contributed by atoms with Crippen molar-refractivity contribution in [2.75, 3.05) is 20.6 Å². The summed E-state index contributed by atoms with van der Waals surface area (Å²) in [6, 6.07) is 10.7. The van der Waals surface area contributed by atoms with Crippen LogP contribution in [-0.4, -0.2) is 52.7 Å². The number of pyridine rings is 1. The van der Waals surface area contributed by atoms with E-state index in [-0.39, 0.29) is 17.9 Å². The fourth-order valence-corrected chi connectivity index (χ4v) is 3.98. The van der Waals surface area contributed by atoms with Crippen LogP contribution in [0.15, 0.2) is 48.9 Å². The van der Waals surface area contributed by atoms with Gasteiger partial charge in [0.15, 0.2) is 0 Å². The van der Waals surface area contributed by atoms with Crippen molar-refractivity contribution in [2.45, 2.75) is 37.6 Å². The van der Waals surface area contributed by atoms with Gasteiger partial charge >= 0.3 is 0 Å². The number of hydrogen-bond donors (Lipinski definition) is 2. The second kappa shape index (κ2) is 8.74. The van der Waals surface area contributed by atoms with Gasteiger partial charge in [0.25, 0.3) is 0 Å². The van der Waals surface area contributed by atoms with Crippen molar-refractivity contribution in [1.29, 1.82) is 0 Å². The Balaban J connectivity index is 1.35. The predicted octanol–water partition coefficient (Wildman–Crippen LogP) is 3.13. The Morgan fingerprint density at radius 2 is 2.14 bits per heavy atom. The minimum Gasteiger partial charge on any atom is -0.355 e. The summed E-state index contributed by atoms with van der Waals surface area (Å²) in [5, 5.41) is 11.4. The number of nitrogens with one attached hydrogen (secondary N) is 2. The molecule has 1 amide bonds. The van der Waals surface area contributed by atoms with Gasteiger partial charge in [0.2, 0.25) is 5.91 Å². The molecule has 1 saturated carbocycles. The highest BCUT2D eigenvalue weighted by atomic mass is 16.1. The fourth-order valence-electron chi connectivity index (χ4n) is 3.98. The highest BCUT2D eigenvalue weighted by molar-refractivity contribution is 5.78. The van der Waals surface area contributed by atoms with Crippen LogP contribution in [0.5, 0.6) is 0 Å². The van der Waals surface area contributed by atoms with Crippen LogP contribution in [0.2, 0.25) is 0 Å². The van der Waals surface area contributed by atoms with E-state index < -0.39 is 0 Å². The van der Waals surface area contributed by atoms with Crippen LogP contribution < -0.4 is 5.32 Å². The molecule has 0 spiro atoms. The first-order valence-corrected chi connectivity index (χ1v) is 10.3. The molecule has 2 aromatic heterocycles. The lowest BCUT2D eigenvalue weighted by Gasteiger charge is -2.25. The number of nitrogens with zero attached hydrogens (tertiary/aromatic N) is 3. The highest BCUT2D eigenvalue weighted by Gasteiger charge is 2.33. The number of aromatic nitrogens is 3. The zero-order chi connectivity index (χ0) is 20.2. The van der Waals surface area contributed by atoms with Gasteiger partial charge in [0.05, 0.1) is 11.7 Å². The van der Waals surface area contributed by atoms with E-state index in [2.05, 4.69) is 63.8 Å². The van der Waals surface area contributed by atoms with Crippen molar-refractivity contribution in [3.8, 4) is 0 Å². The third-order valence-electron chi connectivity index (χ3n) is 5.95. The van der Waals surface area contributed by atoms with Gasteiger partial charge in [0.1, 0.15) is 0 Å². The summed E-state index contributed by atoms with van der Waals surface area (Å²) in [5.74, 6) is 1.03. The summed E-state index contributed by atoms with van der Waals surface area (Å²) in [6.07, 6.45) is 9.39. The average Bonchev–Trinajstić information content (AvgIpc) is 3.46. The van der Waals surface area contributed by atoms with Gasteiger partial charge in [-0.2, -0.15) is 5.10 Å². The monoisotopic (exact) mass is 391 g/mol. The lowest BCUT2D eigenvalue weighted by atomic mass is 9.92. The lowest BCUT2D eigenvalue weighted by molar-refractivity contribution is -0.121. The number of aromatic amines is 1. The Labute approximate surface area is 171 Å². The summed E-state index contributed by atoms with van der Waals surface area (Å²) in [7, 11) is 4.13. The first kappa shape index (κ1) is 19.6. The second-order valence-corrected chi connectivity index (χ2v) is 8.35. The molecule has 2 N–H and O–H groups in total. The first-order valence-electron chi connectivity index (χ1n) is 10.3. The topological polar surface area (TPSA) is 73.9 Å². The van der Waals surface area contributed by atoms with Crippen LogP contribution in [0.1, 0.15) is 36.3 Å². The van der Waals surface area contributed by atoms with Gasteiger partial charge in [-0.25, -0.2) is 0 Å². The van der Waals surface area contributed by atoms with E-state index in [1.807, 2.05) is 18.5 Å². The Morgan fingerprint density at radius 3 is 2.86 bits per heavy atom. The van der Waals surface area contributed by atoms with Crippen LogP contribution in [0, 0.1) is 5.92 Å². The summed E-state index contributed by atoms with van der Waals surface area (Å²) in [6.45, 7) is 0.639. The maximum absolute atomic E-state index is 12.7. The maximum atomic E-state index is 12.7. The van der Waals surface area contributed by atoms with Crippen LogP contribution in [-0.2, 0) is 11.2 Å². The average molecular weight is 392 g/mol. The van der Waals surface area contributed by atoms with E-state index in [0.29, 0.717) is 18.9 Å². The standard InChI is InChI=1S/C23H29N5O/c1-28(2)20(11-16-5-8-22-19(10-16)14-26-27-22)15-25-23(29)12-21(17-6-7-17)18-4-3-9-24-13-18/h3-5,8-10,13-14,17,20-21H,6-7,11-12,15H2,1-2H3,(H,25,29)(H,26,27)/t20-,21-/m0/s1. The molecule has 0 radical (unpaired) electrons. The fraction of sp³-hybridized carbons (Fsp3) is 0.435. The lowest BCUT2D eigenvalue weighted by Crippen LogP contribution is -2.42. The molecule has 2 heterocycles. The second-order valence-electron chi connectivity index (χ2n) is 8.35. The molecule has 0 saturated heterocycles. The van der Waals surface area contributed by atoms with Gasteiger partial charge in [0, 0.05) is 36.8 Å².